The summed E-state index contributed by atoms with van der Waals surface area (Å²) < 4.78 is 5.77. The molecule has 0 spiro atoms. The van der Waals surface area contributed by atoms with Gasteiger partial charge in [-0.3, -0.25) is 9.59 Å². The number of carbonyl (C=O) groups is 2. The molecule has 1 heterocycles. The molecule has 2 saturated carbocycles. The zero-order chi connectivity index (χ0) is 20.7. The first-order valence-electron chi connectivity index (χ1n) is 11.7. The van der Waals surface area contributed by atoms with E-state index in [1.54, 1.807) is 0 Å². The van der Waals surface area contributed by atoms with Crippen molar-refractivity contribution in [2.24, 2.45) is 41.4 Å². The molecule has 0 amide bonds. The number of allylic oxidation sites excluding steroid dienone is 2. The van der Waals surface area contributed by atoms with Gasteiger partial charge in [0.25, 0.3) is 0 Å². The third kappa shape index (κ3) is 4.05. The highest BCUT2D eigenvalue weighted by Gasteiger charge is 2.53. The predicted octanol–water partition coefficient (Wildman–Crippen LogP) is 3.27. The normalized spacial score (nSPS) is 48.1. The van der Waals surface area contributed by atoms with E-state index in [0.717, 1.165) is 38.5 Å². The number of rotatable bonds is 1. The second kappa shape index (κ2) is 8.50. The molecule has 5 nitrogen and oxygen atoms in total. The van der Waals surface area contributed by atoms with Gasteiger partial charge in [0.15, 0.2) is 0 Å². The lowest BCUT2D eigenvalue weighted by Crippen LogP contribution is -2.35. The standard InChI is InChI=1S/C24H36O5/c1-3-16-5-4-6-22(26)13(2)24(28)21-11-19-17(20(21)12-23(27)29-16)8-7-14-9-15(25)10-18(14)19/h7-8,13-22,25-26H,3-6,9-12H2,1-2H3/t13-,14-,15-,16+,17-,18-,19-,20+,21-,22-/m1/s1. The van der Waals surface area contributed by atoms with Crippen LogP contribution in [0.5, 0.6) is 0 Å². The Balaban J connectivity index is 1.62. The van der Waals surface area contributed by atoms with Gasteiger partial charge in [-0.25, -0.2) is 0 Å². The highest BCUT2D eigenvalue weighted by molar-refractivity contribution is 5.85. The van der Waals surface area contributed by atoms with Crippen LogP contribution in [-0.2, 0) is 14.3 Å². The Bertz CT molecular complexity index is 658. The van der Waals surface area contributed by atoms with E-state index >= 15 is 0 Å². The van der Waals surface area contributed by atoms with Crippen LogP contribution in [0.1, 0.15) is 65.2 Å². The van der Waals surface area contributed by atoms with E-state index in [1.807, 2.05) is 13.8 Å². The van der Waals surface area contributed by atoms with Crippen LogP contribution in [-0.4, -0.2) is 40.3 Å². The Kier molecular flexibility index (Phi) is 6.17. The minimum absolute atomic E-state index is 0.0541. The summed E-state index contributed by atoms with van der Waals surface area (Å²) in [4.78, 5) is 26.2. The minimum Gasteiger partial charge on any atom is -0.462 e. The van der Waals surface area contributed by atoms with Gasteiger partial charge in [0.05, 0.1) is 12.2 Å². The van der Waals surface area contributed by atoms with Gasteiger partial charge in [0.1, 0.15) is 11.9 Å². The van der Waals surface area contributed by atoms with Gasteiger partial charge in [-0.05, 0) is 74.5 Å². The summed E-state index contributed by atoms with van der Waals surface area (Å²) in [5.74, 6) is 0.590. The van der Waals surface area contributed by atoms with E-state index in [-0.39, 0.29) is 48.1 Å². The van der Waals surface area contributed by atoms with E-state index in [4.69, 9.17) is 4.74 Å². The number of hydrogen-bond donors (Lipinski definition) is 2. The lowest BCUT2D eigenvalue weighted by atomic mass is 9.71. The number of hydrogen-bond acceptors (Lipinski definition) is 5. The Morgan fingerprint density at radius 1 is 1.03 bits per heavy atom. The Hall–Kier alpha value is -1.20. The van der Waals surface area contributed by atoms with Crippen molar-refractivity contribution in [2.45, 2.75) is 83.5 Å². The SMILES string of the molecule is CC[C@H]1CCC[C@@H](O)[C@@H](C)C(=O)[C@@H]2C[C@@H]3[C@@H](C=C[C@@H]4C[C@@H](O)C[C@@H]34)[C@@H]2CC(=O)O1. The van der Waals surface area contributed by atoms with Gasteiger partial charge < -0.3 is 14.9 Å². The van der Waals surface area contributed by atoms with Crippen molar-refractivity contribution in [3.05, 3.63) is 12.2 Å². The van der Waals surface area contributed by atoms with Crippen molar-refractivity contribution >= 4 is 11.8 Å². The second-order valence-electron chi connectivity index (χ2n) is 10.00. The Morgan fingerprint density at radius 3 is 2.59 bits per heavy atom. The van der Waals surface area contributed by atoms with Crippen molar-refractivity contribution in [2.75, 3.05) is 0 Å². The van der Waals surface area contributed by atoms with Crippen LogP contribution in [0.2, 0.25) is 0 Å². The average Bonchev–Trinajstić information content (AvgIpc) is 3.24. The smallest absolute Gasteiger partial charge is 0.306 e. The summed E-state index contributed by atoms with van der Waals surface area (Å²) in [7, 11) is 0. The van der Waals surface area contributed by atoms with Crippen LogP contribution < -0.4 is 0 Å². The molecule has 1 saturated heterocycles. The van der Waals surface area contributed by atoms with Crippen molar-refractivity contribution in [3.63, 3.8) is 0 Å². The lowest BCUT2D eigenvalue weighted by Gasteiger charge is -2.34. The van der Waals surface area contributed by atoms with E-state index in [9.17, 15) is 19.8 Å². The summed E-state index contributed by atoms with van der Waals surface area (Å²) in [5, 5.41) is 20.8. The zero-order valence-corrected chi connectivity index (χ0v) is 17.7. The number of ether oxygens (including phenoxy) is 1. The third-order valence-electron chi connectivity index (χ3n) is 8.37. The largest absolute Gasteiger partial charge is 0.462 e. The van der Waals surface area contributed by atoms with Gasteiger partial charge in [-0.1, -0.05) is 26.0 Å². The summed E-state index contributed by atoms with van der Waals surface area (Å²) in [6.45, 7) is 3.88. The minimum atomic E-state index is -0.630. The number of Topliss-reactive ketones (excluding diaryl/α,β-unsaturated/α-hetero) is 1. The van der Waals surface area contributed by atoms with E-state index in [0.29, 0.717) is 24.2 Å². The molecular formula is C24H36O5. The topological polar surface area (TPSA) is 83.8 Å². The molecule has 0 radical (unpaired) electrons. The Labute approximate surface area is 173 Å². The fourth-order valence-corrected chi connectivity index (χ4v) is 6.73. The third-order valence-corrected chi connectivity index (χ3v) is 8.37. The quantitative estimate of drug-likeness (QED) is 0.518. The van der Waals surface area contributed by atoms with Crippen molar-refractivity contribution in [1.82, 2.24) is 0 Å². The van der Waals surface area contributed by atoms with Crippen molar-refractivity contribution in [1.29, 1.82) is 0 Å². The average molecular weight is 405 g/mol. The number of fused-ring (bicyclic) bond motifs is 5. The number of ketones is 1. The zero-order valence-electron chi connectivity index (χ0n) is 17.7. The molecule has 0 aromatic heterocycles. The highest BCUT2D eigenvalue weighted by Crippen LogP contribution is 2.56. The van der Waals surface area contributed by atoms with Crippen LogP contribution >= 0.6 is 0 Å². The molecule has 3 aliphatic carbocycles. The molecule has 3 fully saturated rings. The Morgan fingerprint density at radius 2 is 1.83 bits per heavy atom. The first-order chi connectivity index (χ1) is 13.9. The number of esters is 1. The van der Waals surface area contributed by atoms with Crippen molar-refractivity contribution in [3.8, 4) is 0 Å². The molecule has 162 valence electrons. The molecule has 1 aliphatic heterocycles. The molecule has 10 atom stereocenters. The van der Waals surface area contributed by atoms with Crippen LogP contribution in [0.25, 0.3) is 0 Å². The maximum atomic E-state index is 13.4. The molecular weight excluding hydrogens is 368 g/mol. The number of carbonyl (C=O) groups excluding carboxylic acids is 2. The first kappa shape index (κ1) is 21.0. The fraction of sp³-hybridized carbons (Fsp3) is 0.833. The molecule has 0 aromatic rings. The second-order valence-corrected chi connectivity index (χ2v) is 10.00. The molecule has 5 heteroatoms. The van der Waals surface area contributed by atoms with E-state index in [2.05, 4.69) is 12.2 Å². The lowest BCUT2D eigenvalue weighted by molar-refractivity contribution is -0.152. The highest BCUT2D eigenvalue weighted by atomic mass is 16.5. The molecule has 0 bridgehead atoms. The van der Waals surface area contributed by atoms with Gasteiger partial charge in [-0.2, -0.15) is 0 Å². The molecule has 2 N–H and O–H groups in total. The summed E-state index contributed by atoms with van der Waals surface area (Å²) in [6.07, 6.45) is 8.95. The molecule has 0 unspecified atom stereocenters. The number of aliphatic hydroxyl groups excluding tert-OH is 2. The van der Waals surface area contributed by atoms with Crippen LogP contribution in [0, 0.1) is 41.4 Å². The number of aliphatic hydroxyl groups is 2. The fourth-order valence-electron chi connectivity index (χ4n) is 6.73. The van der Waals surface area contributed by atoms with E-state index in [1.165, 1.54) is 0 Å². The molecule has 0 aromatic carbocycles. The number of cyclic esters (lactones) is 1. The summed E-state index contributed by atoms with van der Waals surface area (Å²) in [5.41, 5.74) is 0. The van der Waals surface area contributed by atoms with Gasteiger partial charge in [0, 0.05) is 18.3 Å². The van der Waals surface area contributed by atoms with Crippen LogP contribution in [0.3, 0.4) is 0 Å². The molecule has 29 heavy (non-hydrogen) atoms. The maximum absolute atomic E-state index is 13.4. The first-order valence-corrected chi connectivity index (χ1v) is 11.7. The van der Waals surface area contributed by atoms with Gasteiger partial charge >= 0.3 is 5.97 Å². The van der Waals surface area contributed by atoms with Gasteiger partial charge in [0.2, 0.25) is 0 Å². The predicted molar refractivity (Wildman–Crippen MR) is 109 cm³/mol. The maximum Gasteiger partial charge on any atom is 0.306 e. The van der Waals surface area contributed by atoms with Crippen molar-refractivity contribution < 1.29 is 24.5 Å². The monoisotopic (exact) mass is 404 g/mol. The van der Waals surface area contributed by atoms with E-state index < -0.39 is 12.0 Å². The molecule has 4 rings (SSSR count). The summed E-state index contributed by atoms with van der Waals surface area (Å²) >= 11 is 0. The van der Waals surface area contributed by atoms with Crippen LogP contribution in [0.15, 0.2) is 12.2 Å². The van der Waals surface area contributed by atoms with Gasteiger partial charge in [-0.15, -0.1) is 0 Å². The summed E-state index contributed by atoms with van der Waals surface area (Å²) in [6, 6.07) is 0. The van der Waals surface area contributed by atoms with Crippen LogP contribution in [0.4, 0.5) is 0 Å². The molecule has 4 aliphatic rings.